The molecule has 0 radical (unpaired) electrons. The maximum absolute atomic E-state index is 10.3. The fourth-order valence-corrected chi connectivity index (χ4v) is 3.83. The number of hydrogen-bond acceptors (Lipinski definition) is 4. The molecule has 0 aromatic heterocycles. The largest absolute Gasteiger partial charge is 0.391 e. The van der Waals surface area contributed by atoms with Crippen molar-refractivity contribution in [3.05, 3.63) is 0 Å². The van der Waals surface area contributed by atoms with Crippen LogP contribution in [0.15, 0.2) is 0 Å². The predicted molar refractivity (Wildman–Crippen MR) is 75.2 cm³/mol. The molecule has 4 heteroatoms. The van der Waals surface area contributed by atoms with Crippen molar-refractivity contribution in [1.82, 2.24) is 9.80 Å². The van der Waals surface area contributed by atoms with Crippen LogP contribution in [0.3, 0.4) is 0 Å². The quantitative estimate of drug-likeness (QED) is 0.823. The first-order chi connectivity index (χ1) is 9.33. The molecule has 3 saturated heterocycles. The second kappa shape index (κ2) is 6.53. The Morgan fingerprint density at radius 3 is 2.68 bits per heavy atom. The molecule has 0 spiro atoms. The second-order valence-corrected chi connectivity index (χ2v) is 6.49. The van der Waals surface area contributed by atoms with E-state index in [1.165, 1.54) is 38.8 Å². The van der Waals surface area contributed by atoms with Crippen LogP contribution in [-0.2, 0) is 4.74 Å². The third kappa shape index (κ3) is 3.48. The topological polar surface area (TPSA) is 35.9 Å². The first-order valence-corrected chi connectivity index (χ1v) is 8.05. The molecule has 0 aromatic rings. The van der Waals surface area contributed by atoms with E-state index in [-0.39, 0.29) is 6.10 Å². The minimum atomic E-state index is -0.192. The van der Waals surface area contributed by atoms with Crippen LogP contribution in [0.5, 0.6) is 0 Å². The van der Waals surface area contributed by atoms with Gasteiger partial charge in [-0.3, -0.25) is 9.80 Å². The van der Waals surface area contributed by atoms with Crippen LogP contribution in [0.2, 0.25) is 0 Å². The molecule has 4 nitrogen and oxygen atoms in total. The van der Waals surface area contributed by atoms with Gasteiger partial charge in [-0.05, 0) is 45.3 Å². The van der Waals surface area contributed by atoms with Crippen molar-refractivity contribution >= 4 is 0 Å². The first-order valence-electron chi connectivity index (χ1n) is 8.05. The van der Waals surface area contributed by atoms with Gasteiger partial charge in [0.1, 0.15) is 0 Å². The maximum Gasteiger partial charge on any atom is 0.0718 e. The predicted octanol–water partition coefficient (Wildman–Crippen LogP) is 0.944. The van der Waals surface area contributed by atoms with E-state index in [2.05, 4.69) is 9.80 Å². The van der Waals surface area contributed by atoms with Gasteiger partial charge in [0, 0.05) is 31.7 Å². The number of rotatable bonds is 4. The zero-order valence-electron chi connectivity index (χ0n) is 12.0. The average Bonchev–Trinajstić information content (AvgIpc) is 3.11. The van der Waals surface area contributed by atoms with Gasteiger partial charge in [0.15, 0.2) is 0 Å². The van der Waals surface area contributed by atoms with E-state index < -0.39 is 0 Å². The summed E-state index contributed by atoms with van der Waals surface area (Å²) in [4.78, 5) is 5.14. The highest BCUT2D eigenvalue weighted by Crippen LogP contribution is 2.22. The van der Waals surface area contributed by atoms with Gasteiger partial charge in [0.25, 0.3) is 0 Å². The Hall–Kier alpha value is -0.160. The summed E-state index contributed by atoms with van der Waals surface area (Å²) in [6.45, 7) is 7.33. The zero-order valence-corrected chi connectivity index (χ0v) is 12.0. The van der Waals surface area contributed by atoms with Gasteiger partial charge in [-0.25, -0.2) is 0 Å². The molecule has 3 unspecified atom stereocenters. The standard InChI is InChI=1S/C15H28N2O2/c18-15(13-5-9-19-12-13)11-16-8-4-14(10-16)17-6-2-1-3-7-17/h13-15,18H,1-12H2. The van der Waals surface area contributed by atoms with Crippen molar-refractivity contribution in [1.29, 1.82) is 0 Å². The van der Waals surface area contributed by atoms with Crippen molar-refractivity contribution in [3.63, 3.8) is 0 Å². The molecule has 3 aliphatic rings. The van der Waals surface area contributed by atoms with Crippen molar-refractivity contribution in [2.45, 2.75) is 44.2 Å². The fraction of sp³-hybridized carbons (Fsp3) is 1.00. The van der Waals surface area contributed by atoms with E-state index in [0.29, 0.717) is 5.92 Å². The van der Waals surface area contributed by atoms with Gasteiger partial charge in [0.2, 0.25) is 0 Å². The lowest BCUT2D eigenvalue weighted by Crippen LogP contribution is -2.42. The minimum Gasteiger partial charge on any atom is -0.391 e. The van der Waals surface area contributed by atoms with E-state index in [9.17, 15) is 5.11 Å². The number of β-amino-alcohol motifs (C(OH)–C–C–N with tert-alkyl or cyclic N) is 1. The summed E-state index contributed by atoms with van der Waals surface area (Å²) in [6.07, 6.45) is 6.28. The van der Waals surface area contributed by atoms with E-state index in [0.717, 1.165) is 45.3 Å². The highest BCUT2D eigenvalue weighted by Gasteiger charge is 2.31. The number of ether oxygens (including phenoxy) is 1. The number of hydrogen-bond donors (Lipinski definition) is 1. The molecular formula is C15H28N2O2. The Balaban J connectivity index is 1.43. The Labute approximate surface area is 116 Å². The van der Waals surface area contributed by atoms with Crippen LogP contribution in [0.1, 0.15) is 32.1 Å². The Morgan fingerprint density at radius 2 is 1.95 bits per heavy atom. The molecule has 1 N–H and O–H groups in total. The summed E-state index contributed by atoms with van der Waals surface area (Å²) in [6, 6.07) is 0.743. The number of piperidine rings is 1. The minimum absolute atomic E-state index is 0.192. The van der Waals surface area contributed by atoms with Crippen LogP contribution in [0.4, 0.5) is 0 Å². The third-order valence-electron chi connectivity index (χ3n) is 5.11. The van der Waals surface area contributed by atoms with Crippen LogP contribution in [0.25, 0.3) is 0 Å². The lowest BCUT2D eigenvalue weighted by Gasteiger charge is -2.32. The molecule has 3 aliphatic heterocycles. The molecule has 0 aromatic carbocycles. The second-order valence-electron chi connectivity index (χ2n) is 6.49. The highest BCUT2D eigenvalue weighted by atomic mass is 16.5. The van der Waals surface area contributed by atoms with Crippen LogP contribution in [0, 0.1) is 5.92 Å². The number of nitrogens with zero attached hydrogens (tertiary/aromatic N) is 2. The van der Waals surface area contributed by atoms with Gasteiger partial charge in [-0.2, -0.15) is 0 Å². The number of likely N-dealkylation sites (tertiary alicyclic amines) is 2. The van der Waals surface area contributed by atoms with Gasteiger partial charge >= 0.3 is 0 Å². The van der Waals surface area contributed by atoms with Gasteiger partial charge < -0.3 is 9.84 Å². The molecule has 3 heterocycles. The van der Waals surface area contributed by atoms with Crippen molar-refractivity contribution in [2.75, 3.05) is 45.9 Å². The molecular weight excluding hydrogens is 240 g/mol. The molecule has 0 saturated carbocycles. The van der Waals surface area contributed by atoms with Crippen molar-refractivity contribution in [3.8, 4) is 0 Å². The summed E-state index contributed by atoms with van der Waals surface area (Å²) in [5, 5.41) is 10.3. The van der Waals surface area contributed by atoms with Gasteiger partial charge in [-0.1, -0.05) is 6.42 Å². The lowest BCUT2D eigenvalue weighted by molar-refractivity contribution is 0.0594. The van der Waals surface area contributed by atoms with Gasteiger partial charge in [-0.15, -0.1) is 0 Å². The van der Waals surface area contributed by atoms with Gasteiger partial charge in [0.05, 0.1) is 12.7 Å². The first kappa shape index (κ1) is 13.8. The average molecular weight is 268 g/mol. The molecule has 0 aliphatic carbocycles. The monoisotopic (exact) mass is 268 g/mol. The smallest absolute Gasteiger partial charge is 0.0718 e. The van der Waals surface area contributed by atoms with Crippen molar-refractivity contribution in [2.24, 2.45) is 5.92 Å². The van der Waals surface area contributed by atoms with E-state index >= 15 is 0 Å². The van der Waals surface area contributed by atoms with E-state index in [1.807, 2.05) is 0 Å². The third-order valence-corrected chi connectivity index (χ3v) is 5.11. The number of aliphatic hydroxyl groups excluding tert-OH is 1. The summed E-state index contributed by atoms with van der Waals surface area (Å²) in [5.41, 5.74) is 0. The summed E-state index contributed by atoms with van der Waals surface area (Å²) in [7, 11) is 0. The summed E-state index contributed by atoms with van der Waals surface area (Å²) >= 11 is 0. The fourth-order valence-electron chi connectivity index (χ4n) is 3.83. The van der Waals surface area contributed by atoms with E-state index in [1.54, 1.807) is 0 Å². The van der Waals surface area contributed by atoms with E-state index in [4.69, 9.17) is 4.74 Å². The normalized spacial score (nSPS) is 35.8. The summed E-state index contributed by atoms with van der Waals surface area (Å²) in [5.74, 6) is 0.369. The zero-order chi connectivity index (χ0) is 13.1. The van der Waals surface area contributed by atoms with Crippen LogP contribution >= 0.6 is 0 Å². The molecule has 3 fully saturated rings. The lowest BCUT2D eigenvalue weighted by atomic mass is 10.0. The van der Waals surface area contributed by atoms with Crippen molar-refractivity contribution < 1.29 is 9.84 Å². The Kier molecular flexibility index (Phi) is 4.74. The summed E-state index contributed by atoms with van der Waals surface area (Å²) < 4.78 is 5.37. The SMILES string of the molecule is OC(CN1CCC(N2CCCCC2)C1)C1CCOC1. The van der Waals surface area contributed by atoms with Crippen LogP contribution < -0.4 is 0 Å². The maximum atomic E-state index is 10.3. The Bertz CT molecular complexity index is 275. The number of aliphatic hydroxyl groups is 1. The molecule has 0 bridgehead atoms. The molecule has 3 atom stereocenters. The molecule has 19 heavy (non-hydrogen) atoms. The highest BCUT2D eigenvalue weighted by molar-refractivity contribution is 4.87. The Morgan fingerprint density at radius 1 is 1.11 bits per heavy atom. The molecule has 0 amide bonds. The molecule has 3 rings (SSSR count). The van der Waals surface area contributed by atoms with Crippen LogP contribution in [-0.4, -0.2) is 73.0 Å². The molecule has 110 valence electrons.